The highest BCUT2D eigenvalue weighted by atomic mass is 28.4. The molecular formula is C41H45N5O3Si2. The Labute approximate surface area is 302 Å². The van der Waals surface area contributed by atoms with Gasteiger partial charge in [0.05, 0.1) is 31.6 Å². The number of rotatable bonds is 11. The Bertz CT molecular complexity index is 2190. The zero-order valence-electron chi connectivity index (χ0n) is 30.4. The summed E-state index contributed by atoms with van der Waals surface area (Å²) in [5.41, 5.74) is 1.53. The van der Waals surface area contributed by atoms with Crippen molar-refractivity contribution in [3.8, 4) is 22.9 Å². The minimum atomic E-state index is -2.96. The Kier molecular flexibility index (Phi) is 10.00. The van der Waals surface area contributed by atoms with E-state index in [0.29, 0.717) is 22.1 Å². The van der Waals surface area contributed by atoms with Gasteiger partial charge >= 0.3 is 0 Å². The Hall–Kier alpha value is -5.09. The van der Waals surface area contributed by atoms with Gasteiger partial charge in [0.25, 0.3) is 13.9 Å². The van der Waals surface area contributed by atoms with Crippen LogP contribution in [0, 0.1) is 11.3 Å². The van der Waals surface area contributed by atoms with Crippen LogP contribution in [0.1, 0.15) is 32.5 Å². The van der Waals surface area contributed by atoms with Crippen molar-refractivity contribution in [3.63, 3.8) is 0 Å². The van der Waals surface area contributed by atoms with E-state index in [1.807, 2.05) is 59.4 Å². The molecule has 0 aliphatic carbocycles. The van der Waals surface area contributed by atoms with Crippen LogP contribution in [0.4, 0.5) is 0 Å². The number of aromatic nitrogens is 4. The lowest BCUT2D eigenvalue weighted by atomic mass is 9.96. The van der Waals surface area contributed by atoms with Crippen LogP contribution in [0.15, 0.2) is 120 Å². The van der Waals surface area contributed by atoms with Gasteiger partial charge in [0.1, 0.15) is 25.6 Å². The van der Waals surface area contributed by atoms with Gasteiger partial charge < -0.3 is 9.16 Å². The SMILES string of the molecule is COc1ccc2c(=O)n(CC(CO[Si](c3ccccc3)(c3ccccc3)C(C)(C)C)n3cc([Si](C)(C)C)nn3)c(C#N)c(-c3ccccc3)c2c1. The van der Waals surface area contributed by atoms with Crippen LogP contribution >= 0.6 is 0 Å². The molecule has 260 valence electrons. The molecule has 0 aliphatic heterocycles. The van der Waals surface area contributed by atoms with E-state index in [-0.39, 0.29) is 29.4 Å². The van der Waals surface area contributed by atoms with E-state index < -0.39 is 22.4 Å². The summed E-state index contributed by atoms with van der Waals surface area (Å²) in [5.74, 6) is 0.610. The minimum absolute atomic E-state index is 0.149. The highest BCUT2D eigenvalue weighted by Crippen LogP contribution is 2.38. The fourth-order valence-corrected chi connectivity index (χ4v) is 12.4. The van der Waals surface area contributed by atoms with Gasteiger partial charge in [-0.1, -0.05) is 137 Å². The molecule has 51 heavy (non-hydrogen) atoms. The van der Waals surface area contributed by atoms with Crippen molar-refractivity contribution in [2.45, 2.75) is 58.0 Å². The number of pyridine rings is 1. The van der Waals surface area contributed by atoms with Crippen molar-refractivity contribution in [3.05, 3.63) is 131 Å². The molecule has 0 aliphatic rings. The van der Waals surface area contributed by atoms with Crippen molar-refractivity contribution < 1.29 is 9.16 Å². The molecule has 1 atom stereocenters. The highest BCUT2D eigenvalue weighted by molar-refractivity contribution is 6.99. The van der Waals surface area contributed by atoms with Gasteiger partial charge in [-0.3, -0.25) is 9.36 Å². The lowest BCUT2D eigenvalue weighted by Crippen LogP contribution is -2.67. The third-order valence-corrected chi connectivity index (χ3v) is 16.4. The highest BCUT2D eigenvalue weighted by Gasteiger charge is 2.50. The second-order valence-corrected chi connectivity index (χ2v) is 24.3. The average Bonchev–Trinajstić information content (AvgIpc) is 3.64. The topological polar surface area (TPSA) is 95.0 Å². The van der Waals surface area contributed by atoms with E-state index in [0.717, 1.165) is 21.3 Å². The number of hydrogen-bond donors (Lipinski definition) is 0. The lowest BCUT2D eigenvalue weighted by Gasteiger charge is -2.43. The summed E-state index contributed by atoms with van der Waals surface area (Å²) >= 11 is 0. The Morgan fingerprint density at radius 2 is 1.43 bits per heavy atom. The Morgan fingerprint density at radius 3 is 1.94 bits per heavy atom. The Morgan fingerprint density at radius 1 is 0.843 bits per heavy atom. The molecule has 0 N–H and O–H groups in total. The molecule has 0 bridgehead atoms. The number of methoxy groups -OCH3 is 1. The number of fused-ring (bicyclic) bond motifs is 1. The van der Waals surface area contributed by atoms with Crippen LogP contribution in [0.25, 0.3) is 21.9 Å². The van der Waals surface area contributed by atoms with Gasteiger partial charge in [-0.25, -0.2) is 4.68 Å². The summed E-state index contributed by atoms with van der Waals surface area (Å²) in [4.78, 5) is 14.5. The maximum atomic E-state index is 14.5. The number of benzene rings is 4. The predicted octanol–water partition coefficient (Wildman–Crippen LogP) is 6.50. The smallest absolute Gasteiger partial charge is 0.261 e. The van der Waals surface area contributed by atoms with E-state index in [2.05, 4.69) is 105 Å². The van der Waals surface area contributed by atoms with Crippen LogP contribution < -0.4 is 26.0 Å². The quantitative estimate of drug-likeness (QED) is 0.143. The van der Waals surface area contributed by atoms with E-state index in [4.69, 9.17) is 9.16 Å². The average molecular weight is 712 g/mol. The number of ether oxygens (including phenoxy) is 1. The Balaban J connectivity index is 1.56. The molecule has 1 unspecified atom stereocenters. The minimum Gasteiger partial charge on any atom is -0.497 e. The molecule has 0 fully saturated rings. The fourth-order valence-electron chi connectivity index (χ4n) is 6.95. The first-order valence-corrected chi connectivity index (χ1v) is 22.7. The van der Waals surface area contributed by atoms with Crippen molar-refractivity contribution in [1.29, 1.82) is 5.26 Å². The molecule has 8 nitrogen and oxygen atoms in total. The molecule has 0 saturated carbocycles. The van der Waals surface area contributed by atoms with Crippen LogP contribution in [0.5, 0.6) is 5.75 Å². The summed E-state index contributed by atoms with van der Waals surface area (Å²) in [5, 5.41) is 24.3. The number of hydrogen-bond acceptors (Lipinski definition) is 6. The molecular weight excluding hydrogens is 667 g/mol. The lowest BCUT2D eigenvalue weighted by molar-refractivity contribution is 0.208. The van der Waals surface area contributed by atoms with Crippen LogP contribution in [-0.2, 0) is 11.0 Å². The van der Waals surface area contributed by atoms with E-state index >= 15 is 0 Å². The van der Waals surface area contributed by atoms with Crippen molar-refractivity contribution >= 4 is 42.9 Å². The molecule has 0 radical (unpaired) electrons. The monoisotopic (exact) mass is 711 g/mol. The molecule has 6 rings (SSSR count). The molecule has 2 heterocycles. The van der Waals surface area contributed by atoms with Crippen molar-refractivity contribution in [2.24, 2.45) is 0 Å². The van der Waals surface area contributed by atoms with Crippen LogP contribution in [0.2, 0.25) is 24.7 Å². The van der Waals surface area contributed by atoms with Gasteiger partial charge in [0, 0.05) is 22.5 Å². The zero-order chi connectivity index (χ0) is 36.4. The third kappa shape index (κ3) is 6.85. The summed E-state index contributed by atoms with van der Waals surface area (Å²) in [7, 11) is -3.20. The van der Waals surface area contributed by atoms with E-state index in [1.54, 1.807) is 23.8 Å². The predicted molar refractivity (Wildman–Crippen MR) is 211 cm³/mol. The second kappa shape index (κ2) is 14.3. The second-order valence-electron chi connectivity index (χ2n) is 15.0. The third-order valence-electron chi connectivity index (χ3n) is 9.60. The molecule has 4 aromatic carbocycles. The summed E-state index contributed by atoms with van der Waals surface area (Å²) < 4.78 is 16.4. The molecule has 2 aromatic heterocycles. The number of nitriles is 1. The normalized spacial score (nSPS) is 12.8. The van der Waals surface area contributed by atoms with Gasteiger partial charge in [-0.15, -0.1) is 5.10 Å². The molecule has 0 amide bonds. The van der Waals surface area contributed by atoms with Crippen LogP contribution in [-0.4, -0.2) is 49.7 Å². The maximum Gasteiger partial charge on any atom is 0.261 e. The molecule has 0 spiro atoms. The van der Waals surface area contributed by atoms with Gasteiger partial charge in [-0.05, 0) is 39.2 Å². The molecule has 0 saturated heterocycles. The van der Waals surface area contributed by atoms with Gasteiger partial charge in [0.15, 0.2) is 0 Å². The standard InChI is InChI=1S/C41H45N5O3Si2/c1-41(2,3)51(33-19-13-9-14-20-33,34-21-15-10-16-22-34)49-29-31(46-28-38(43-44-46)50(5,6)7)27-45-37(26-42)39(30-17-11-8-12-18-30)36-25-32(48-4)23-24-35(36)40(45)47/h8-25,28,31H,27,29H2,1-7H3. The zero-order valence-corrected chi connectivity index (χ0v) is 32.4. The van der Waals surface area contributed by atoms with Gasteiger partial charge in [-0.2, -0.15) is 5.26 Å². The van der Waals surface area contributed by atoms with Crippen molar-refractivity contribution in [1.82, 2.24) is 19.6 Å². The first-order chi connectivity index (χ1) is 24.4. The largest absolute Gasteiger partial charge is 0.497 e. The van der Waals surface area contributed by atoms with E-state index in [1.165, 1.54) is 0 Å². The summed E-state index contributed by atoms with van der Waals surface area (Å²) in [6.07, 6.45) is 2.01. The first kappa shape index (κ1) is 35.7. The first-order valence-electron chi connectivity index (χ1n) is 17.3. The summed E-state index contributed by atoms with van der Waals surface area (Å²) in [6.45, 7) is 13.8. The molecule has 6 aromatic rings. The number of nitrogens with zero attached hydrogens (tertiary/aromatic N) is 5. The fraction of sp³-hybridized carbons (Fsp3) is 0.268. The van der Waals surface area contributed by atoms with Crippen molar-refractivity contribution in [2.75, 3.05) is 13.7 Å². The van der Waals surface area contributed by atoms with E-state index in [9.17, 15) is 10.1 Å². The summed E-state index contributed by atoms with van der Waals surface area (Å²) in [6, 6.07) is 38.1. The molecule has 10 heteroatoms. The van der Waals surface area contributed by atoms with Crippen LogP contribution in [0.3, 0.4) is 0 Å². The van der Waals surface area contributed by atoms with Gasteiger partial charge in [0.2, 0.25) is 0 Å². The maximum absolute atomic E-state index is 14.5.